The molecular weight excluding hydrogens is 287 g/mol. The van der Waals surface area contributed by atoms with Crippen molar-refractivity contribution in [2.45, 2.75) is 44.6 Å². The number of amides is 1. The summed E-state index contributed by atoms with van der Waals surface area (Å²) in [7, 11) is 1.66. The van der Waals surface area contributed by atoms with Crippen LogP contribution in [0.25, 0.3) is 0 Å². The van der Waals surface area contributed by atoms with E-state index in [1.54, 1.807) is 14.0 Å². The number of anilines is 1. The number of methoxy groups -OCH3 is 1. The molecule has 0 saturated heterocycles. The van der Waals surface area contributed by atoms with E-state index in [0.29, 0.717) is 11.4 Å². The number of carbonyl (C=O) groups excluding carboxylic acids is 1. The van der Waals surface area contributed by atoms with Crippen molar-refractivity contribution in [2.75, 3.05) is 12.4 Å². The molecule has 1 aromatic rings. The first-order valence-corrected chi connectivity index (χ1v) is 7.39. The highest BCUT2D eigenvalue weighted by molar-refractivity contribution is 5.91. The van der Waals surface area contributed by atoms with Crippen LogP contribution >= 0.6 is 0 Å². The summed E-state index contributed by atoms with van der Waals surface area (Å²) < 4.78 is 18.4. The van der Waals surface area contributed by atoms with Gasteiger partial charge in [-0.15, -0.1) is 0 Å². The first-order chi connectivity index (χ1) is 10.6. The molecule has 0 aromatic heterocycles. The van der Waals surface area contributed by atoms with Crippen LogP contribution in [0.5, 0.6) is 0 Å². The Hall–Kier alpha value is -1.95. The van der Waals surface area contributed by atoms with Gasteiger partial charge in [0.15, 0.2) is 0 Å². The number of halogens is 1. The van der Waals surface area contributed by atoms with E-state index in [2.05, 4.69) is 10.5 Å². The topological polar surface area (TPSA) is 59.9 Å². The summed E-state index contributed by atoms with van der Waals surface area (Å²) in [5.74, 6) is -0.368. The summed E-state index contributed by atoms with van der Waals surface area (Å²) in [6, 6.07) is 5.41. The third kappa shape index (κ3) is 4.04. The monoisotopic (exact) mass is 308 g/mol. The van der Waals surface area contributed by atoms with Crippen LogP contribution in [0, 0.1) is 5.82 Å². The van der Waals surface area contributed by atoms with E-state index in [4.69, 9.17) is 9.57 Å². The van der Waals surface area contributed by atoms with Crippen LogP contribution in [0.2, 0.25) is 0 Å². The Bertz CT molecular complexity index is 537. The van der Waals surface area contributed by atoms with Gasteiger partial charge in [0.1, 0.15) is 11.4 Å². The van der Waals surface area contributed by atoms with Gasteiger partial charge in [-0.2, -0.15) is 0 Å². The number of oxime groups is 1. The maximum atomic E-state index is 12.8. The van der Waals surface area contributed by atoms with Crippen molar-refractivity contribution in [3.63, 3.8) is 0 Å². The van der Waals surface area contributed by atoms with Crippen molar-refractivity contribution in [1.82, 2.24) is 0 Å². The Balaban J connectivity index is 1.94. The van der Waals surface area contributed by atoms with Gasteiger partial charge in [0.25, 0.3) is 0 Å². The largest absolute Gasteiger partial charge is 0.437 e. The predicted molar refractivity (Wildman–Crippen MR) is 82.4 cm³/mol. The lowest BCUT2D eigenvalue weighted by Crippen LogP contribution is -2.41. The van der Waals surface area contributed by atoms with Crippen LogP contribution in [0.1, 0.15) is 39.0 Å². The molecule has 0 aliphatic heterocycles. The molecule has 1 fully saturated rings. The smallest absolute Gasteiger partial charge is 0.372 e. The molecule has 0 atom stereocenters. The van der Waals surface area contributed by atoms with Gasteiger partial charge in [0.05, 0.1) is 5.71 Å². The molecule has 0 spiro atoms. The third-order valence-electron chi connectivity index (χ3n) is 4.07. The number of hydrogen-bond donors (Lipinski definition) is 1. The molecule has 1 aromatic carbocycles. The van der Waals surface area contributed by atoms with Gasteiger partial charge >= 0.3 is 6.09 Å². The SMILES string of the molecule is COC1(/C(C)=N\OC(=O)Nc2ccc(F)cc2)CCCCC1. The summed E-state index contributed by atoms with van der Waals surface area (Å²) in [6.07, 6.45) is 4.37. The summed E-state index contributed by atoms with van der Waals surface area (Å²) in [5.41, 5.74) is 0.663. The highest BCUT2D eigenvalue weighted by atomic mass is 19.1. The van der Waals surface area contributed by atoms with Crippen molar-refractivity contribution < 1.29 is 18.8 Å². The van der Waals surface area contributed by atoms with E-state index in [1.807, 2.05) is 0 Å². The van der Waals surface area contributed by atoms with Gasteiger partial charge in [-0.05, 0) is 44.0 Å². The predicted octanol–water partition coefficient (Wildman–Crippen LogP) is 4.10. The summed E-state index contributed by atoms with van der Waals surface area (Å²) in [5, 5.41) is 6.39. The first-order valence-electron chi connectivity index (χ1n) is 7.39. The van der Waals surface area contributed by atoms with Gasteiger partial charge in [0.2, 0.25) is 0 Å². The van der Waals surface area contributed by atoms with E-state index < -0.39 is 11.7 Å². The normalized spacial score (nSPS) is 17.9. The number of carbonyl (C=O) groups is 1. The lowest BCUT2D eigenvalue weighted by Gasteiger charge is -2.35. The number of hydrogen-bond acceptors (Lipinski definition) is 4. The maximum absolute atomic E-state index is 12.8. The minimum absolute atomic E-state index is 0.368. The van der Waals surface area contributed by atoms with E-state index in [1.165, 1.54) is 30.7 Å². The molecule has 1 N–H and O–H groups in total. The summed E-state index contributed by atoms with van der Waals surface area (Å²) >= 11 is 0. The fourth-order valence-corrected chi connectivity index (χ4v) is 2.70. The van der Waals surface area contributed by atoms with Gasteiger partial charge in [-0.25, -0.2) is 9.18 Å². The van der Waals surface area contributed by atoms with Crippen molar-refractivity contribution in [2.24, 2.45) is 5.16 Å². The van der Waals surface area contributed by atoms with E-state index in [-0.39, 0.29) is 5.82 Å². The standard InChI is InChI=1S/C16H21FN2O3/c1-12(16(21-2)10-4-3-5-11-16)19-22-15(20)18-14-8-6-13(17)7-9-14/h6-9H,3-5,10-11H2,1-2H3,(H,18,20)/b19-12-. The Labute approximate surface area is 129 Å². The van der Waals surface area contributed by atoms with E-state index in [0.717, 1.165) is 25.7 Å². The molecular formula is C16H21FN2O3. The minimum atomic E-state index is -0.715. The molecule has 1 aliphatic carbocycles. The molecule has 120 valence electrons. The Kier molecular flexibility index (Phi) is 5.49. The third-order valence-corrected chi connectivity index (χ3v) is 4.07. The molecule has 2 rings (SSSR count). The molecule has 0 bridgehead atoms. The zero-order valence-electron chi connectivity index (χ0n) is 12.9. The number of rotatable bonds is 4. The second-order valence-corrected chi connectivity index (χ2v) is 5.45. The second kappa shape index (κ2) is 7.35. The average molecular weight is 308 g/mol. The van der Waals surface area contributed by atoms with Crippen molar-refractivity contribution >= 4 is 17.5 Å². The van der Waals surface area contributed by atoms with E-state index in [9.17, 15) is 9.18 Å². The number of benzene rings is 1. The molecule has 0 unspecified atom stereocenters. The summed E-state index contributed by atoms with van der Waals surface area (Å²) in [4.78, 5) is 16.6. The Morgan fingerprint density at radius 2 is 1.86 bits per heavy atom. The van der Waals surface area contributed by atoms with Crippen LogP contribution in [0.4, 0.5) is 14.9 Å². The molecule has 5 nitrogen and oxygen atoms in total. The van der Waals surface area contributed by atoms with Gasteiger partial charge < -0.3 is 4.74 Å². The number of nitrogens with zero attached hydrogens (tertiary/aromatic N) is 1. The van der Waals surface area contributed by atoms with Crippen LogP contribution in [0.15, 0.2) is 29.4 Å². The van der Waals surface area contributed by atoms with Crippen molar-refractivity contribution in [1.29, 1.82) is 0 Å². The molecule has 1 aliphatic rings. The molecule has 1 amide bonds. The summed E-state index contributed by atoms with van der Waals surface area (Å²) in [6.45, 7) is 1.81. The lowest BCUT2D eigenvalue weighted by atomic mass is 9.81. The molecule has 1 saturated carbocycles. The Morgan fingerprint density at radius 1 is 1.23 bits per heavy atom. The zero-order valence-corrected chi connectivity index (χ0v) is 12.9. The van der Waals surface area contributed by atoms with Crippen molar-refractivity contribution in [3.8, 4) is 0 Å². The molecule has 22 heavy (non-hydrogen) atoms. The number of ether oxygens (including phenoxy) is 1. The van der Waals surface area contributed by atoms with Gasteiger partial charge in [0, 0.05) is 12.8 Å². The minimum Gasteiger partial charge on any atom is -0.372 e. The molecule has 0 heterocycles. The second-order valence-electron chi connectivity index (χ2n) is 5.45. The highest BCUT2D eigenvalue weighted by Crippen LogP contribution is 2.32. The maximum Gasteiger partial charge on any atom is 0.437 e. The van der Waals surface area contributed by atoms with Gasteiger partial charge in [-0.3, -0.25) is 10.2 Å². The highest BCUT2D eigenvalue weighted by Gasteiger charge is 2.35. The van der Waals surface area contributed by atoms with Gasteiger partial charge in [-0.1, -0.05) is 24.4 Å². The number of nitrogens with one attached hydrogen (secondary N) is 1. The fraction of sp³-hybridized carbons (Fsp3) is 0.500. The van der Waals surface area contributed by atoms with E-state index >= 15 is 0 Å². The molecule has 6 heteroatoms. The zero-order chi connectivity index (χ0) is 16.0. The fourth-order valence-electron chi connectivity index (χ4n) is 2.70. The molecule has 0 radical (unpaired) electrons. The van der Waals surface area contributed by atoms with Crippen LogP contribution in [-0.4, -0.2) is 24.5 Å². The first kappa shape index (κ1) is 16.4. The van der Waals surface area contributed by atoms with Crippen LogP contribution in [0.3, 0.4) is 0 Å². The Morgan fingerprint density at radius 3 is 2.45 bits per heavy atom. The van der Waals surface area contributed by atoms with Crippen LogP contribution < -0.4 is 5.32 Å². The lowest BCUT2D eigenvalue weighted by molar-refractivity contribution is 0.0160. The quantitative estimate of drug-likeness (QED) is 0.517. The van der Waals surface area contributed by atoms with Crippen molar-refractivity contribution in [3.05, 3.63) is 30.1 Å². The average Bonchev–Trinajstić information content (AvgIpc) is 2.55. The van der Waals surface area contributed by atoms with Crippen LogP contribution in [-0.2, 0) is 9.57 Å².